The summed E-state index contributed by atoms with van der Waals surface area (Å²) in [5.74, 6) is 1.03. The van der Waals surface area contributed by atoms with Crippen molar-refractivity contribution < 1.29 is 9.47 Å². The molecule has 0 aliphatic rings. The van der Waals surface area contributed by atoms with Crippen molar-refractivity contribution in [2.24, 2.45) is 0 Å². The van der Waals surface area contributed by atoms with E-state index in [4.69, 9.17) is 21.1 Å². The zero-order valence-electron chi connectivity index (χ0n) is 9.66. The molecule has 0 saturated heterocycles. The van der Waals surface area contributed by atoms with Gasteiger partial charge in [-0.05, 0) is 13.8 Å². The van der Waals surface area contributed by atoms with Crippen LogP contribution < -0.4 is 10.1 Å². The number of nitrogens with one attached hydrogen (secondary N) is 1. The summed E-state index contributed by atoms with van der Waals surface area (Å²) in [6.45, 7) is 5.23. The summed E-state index contributed by atoms with van der Waals surface area (Å²) in [6, 6.07) is 0.125. The van der Waals surface area contributed by atoms with Crippen molar-refractivity contribution in [1.29, 1.82) is 0 Å². The van der Waals surface area contributed by atoms with Crippen LogP contribution in [0.4, 0.5) is 5.82 Å². The lowest BCUT2D eigenvalue weighted by molar-refractivity contribution is 0.141. The summed E-state index contributed by atoms with van der Waals surface area (Å²) in [6.07, 6.45) is 1.39. The largest absolute Gasteiger partial charge is 0.490 e. The number of rotatable bonds is 6. The van der Waals surface area contributed by atoms with E-state index >= 15 is 0 Å². The van der Waals surface area contributed by atoms with Crippen LogP contribution in [0.3, 0.4) is 0 Å². The van der Waals surface area contributed by atoms with Crippen molar-refractivity contribution in [2.45, 2.75) is 19.9 Å². The van der Waals surface area contributed by atoms with E-state index in [0.717, 1.165) is 0 Å². The first-order chi connectivity index (χ1) is 7.69. The van der Waals surface area contributed by atoms with Crippen molar-refractivity contribution in [1.82, 2.24) is 9.97 Å². The predicted molar refractivity (Wildman–Crippen MR) is 63.2 cm³/mol. The summed E-state index contributed by atoms with van der Waals surface area (Å²) in [4.78, 5) is 7.91. The highest BCUT2D eigenvalue weighted by Gasteiger charge is 2.12. The second-order valence-electron chi connectivity index (χ2n) is 3.25. The first-order valence-electron chi connectivity index (χ1n) is 5.07. The van der Waals surface area contributed by atoms with Crippen LogP contribution in [0.1, 0.15) is 13.8 Å². The fourth-order valence-corrected chi connectivity index (χ4v) is 1.42. The summed E-state index contributed by atoms with van der Waals surface area (Å²) < 4.78 is 10.4. The van der Waals surface area contributed by atoms with Gasteiger partial charge < -0.3 is 14.8 Å². The Morgan fingerprint density at radius 1 is 1.50 bits per heavy atom. The van der Waals surface area contributed by atoms with Gasteiger partial charge in [0.05, 0.1) is 13.7 Å². The number of nitrogens with zero attached hydrogens (tertiary/aromatic N) is 2. The lowest BCUT2D eigenvalue weighted by Crippen LogP contribution is -2.22. The van der Waals surface area contributed by atoms with Gasteiger partial charge in [0.25, 0.3) is 0 Å². The molecule has 1 rings (SSSR count). The smallest absolute Gasteiger partial charge is 0.198 e. The van der Waals surface area contributed by atoms with Gasteiger partial charge in [0.1, 0.15) is 6.33 Å². The van der Waals surface area contributed by atoms with Gasteiger partial charge in [-0.25, -0.2) is 9.97 Å². The molecule has 1 heterocycles. The third-order valence-electron chi connectivity index (χ3n) is 1.92. The molecular weight excluding hydrogens is 230 g/mol. The van der Waals surface area contributed by atoms with Crippen LogP contribution >= 0.6 is 11.6 Å². The van der Waals surface area contributed by atoms with E-state index in [1.54, 1.807) is 0 Å². The normalized spacial score (nSPS) is 12.2. The lowest BCUT2D eigenvalue weighted by atomic mass is 10.3. The topological polar surface area (TPSA) is 56.3 Å². The molecule has 5 nitrogen and oxygen atoms in total. The fraction of sp³-hybridized carbons (Fsp3) is 0.600. The van der Waals surface area contributed by atoms with Crippen molar-refractivity contribution in [3.05, 3.63) is 11.5 Å². The highest BCUT2D eigenvalue weighted by molar-refractivity contribution is 6.31. The van der Waals surface area contributed by atoms with Gasteiger partial charge in [-0.15, -0.1) is 0 Å². The molecule has 0 radical (unpaired) electrons. The maximum absolute atomic E-state index is 5.87. The van der Waals surface area contributed by atoms with E-state index < -0.39 is 0 Å². The fourth-order valence-electron chi connectivity index (χ4n) is 1.21. The van der Waals surface area contributed by atoms with E-state index in [1.165, 1.54) is 13.4 Å². The van der Waals surface area contributed by atoms with Gasteiger partial charge in [-0.1, -0.05) is 11.6 Å². The third-order valence-corrected chi connectivity index (χ3v) is 2.19. The molecule has 90 valence electrons. The van der Waals surface area contributed by atoms with Crippen molar-refractivity contribution in [3.63, 3.8) is 0 Å². The molecular formula is C10H16ClN3O2. The number of hydrogen-bond donors (Lipinski definition) is 1. The summed E-state index contributed by atoms with van der Waals surface area (Å²) in [5.41, 5.74) is 0. The van der Waals surface area contributed by atoms with Gasteiger partial charge in [0.2, 0.25) is 0 Å². The minimum absolute atomic E-state index is 0.125. The average molecular weight is 246 g/mol. The Balaban J connectivity index is 2.69. The first-order valence-corrected chi connectivity index (χ1v) is 5.45. The highest BCUT2D eigenvalue weighted by Crippen LogP contribution is 2.28. The first kappa shape index (κ1) is 13.0. The van der Waals surface area contributed by atoms with Gasteiger partial charge in [-0.3, -0.25) is 0 Å². The maximum Gasteiger partial charge on any atom is 0.198 e. The molecule has 0 spiro atoms. The number of methoxy groups -OCH3 is 1. The molecule has 1 aromatic rings. The Labute approximate surface area is 100 Å². The van der Waals surface area contributed by atoms with Gasteiger partial charge in [0, 0.05) is 12.6 Å². The number of aromatic nitrogens is 2. The van der Waals surface area contributed by atoms with E-state index in [2.05, 4.69) is 15.3 Å². The van der Waals surface area contributed by atoms with Crippen molar-refractivity contribution in [2.75, 3.05) is 25.6 Å². The lowest BCUT2D eigenvalue weighted by Gasteiger charge is -2.16. The number of ether oxygens (including phenoxy) is 2. The number of halogens is 1. The van der Waals surface area contributed by atoms with Crippen molar-refractivity contribution >= 4 is 17.4 Å². The molecule has 6 heteroatoms. The van der Waals surface area contributed by atoms with E-state index in [-0.39, 0.29) is 6.04 Å². The third kappa shape index (κ3) is 3.50. The standard InChI is InChI=1S/C10H16ClN3O2/c1-4-16-5-7(2)14-10-8(15-3)9(11)12-6-13-10/h6-7H,4-5H2,1-3H3,(H,12,13,14). The molecule has 0 saturated carbocycles. The van der Waals surface area contributed by atoms with E-state index in [9.17, 15) is 0 Å². The van der Waals surface area contributed by atoms with Crippen LogP contribution in [0.5, 0.6) is 5.75 Å². The Morgan fingerprint density at radius 2 is 2.25 bits per heavy atom. The average Bonchev–Trinajstić information content (AvgIpc) is 2.27. The van der Waals surface area contributed by atoms with Gasteiger partial charge in [0.15, 0.2) is 16.7 Å². The molecule has 0 aromatic carbocycles. The van der Waals surface area contributed by atoms with Crippen LogP contribution in [0.2, 0.25) is 5.15 Å². The van der Waals surface area contributed by atoms with Crippen LogP contribution in [-0.2, 0) is 4.74 Å². The molecule has 1 aromatic heterocycles. The molecule has 0 aliphatic carbocycles. The molecule has 1 N–H and O–H groups in total. The molecule has 1 atom stereocenters. The van der Waals surface area contributed by atoms with Crippen LogP contribution in [-0.4, -0.2) is 36.3 Å². The number of hydrogen-bond acceptors (Lipinski definition) is 5. The molecule has 1 unspecified atom stereocenters. The monoisotopic (exact) mass is 245 g/mol. The highest BCUT2D eigenvalue weighted by atomic mass is 35.5. The predicted octanol–water partition coefficient (Wildman–Crippen LogP) is 1.98. The number of anilines is 1. The maximum atomic E-state index is 5.87. The SMILES string of the molecule is CCOCC(C)Nc1ncnc(Cl)c1OC. The summed E-state index contributed by atoms with van der Waals surface area (Å²) >= 11 is 5.87. The summed E-state index contributed by atoms with van der Waals surface area (Å²) in [5, 5.41) is 3.45. The zero-order valence-corrected chi connectivity index (χ0v) is 10.4. The Hall–Kier alpha value is -1.07. The van der Waals surface area contributed by atoms with Crippen LogP contribution in [0.25, 0.3) is 0 Å². The molecule has 16 heavy (non-hydrogen) atoms. The summed E-state index contributed by atoms with van der Waals surface area (Å²) in [7, 11) is 1.53. The molecule has 0 fully saturated rings. The van der Waals surface area contributed by atoms with Crippen molar-refractivity contribution in [3.8, 4) is 5.75 Å². The van der Waals surface area contributed by atoms with E-state index in [1.807, 2.05) is 13.8 Å². The molecule has 0 aliphatic heterocycles. The zero-order chi connectivity index (χ0) is 12.0. The Kier molecular flexibility index (Phi) is 5.28. The Bertz CT molecular complexity index is 336. The minimum Gasteiger partial charge on any atom is -0.490 e. The second kappa shape index (κ2) is 6.50. The van der Waals surface area contributed by atoms with Gasteiger partial charge >= 0.3 is 0 Å². The quantitative estimate of drug-likeness (QED) is 0.777. The van der Waals surface area contributed by atoms with Crippen LogP contribution in [0.15, 0.2) is 6.33 Å². The van der Waals surface area contributed by atoms with E-state index in [0.29, 0.717) is 29.9 Å². The molecule has 0 amide bonds. The van der Waals surface area contributed by atoms with Gasteiger partial charge in [-0.2, -0.15) is 0 Å². The second-order valence-corrected chi connectivity index (χ2v) is 3.61. The van der Waals surface area contributed by atoms with Crippen LogP contribution in [0, 0.1) is 0 Å². The minimum atomic E-state index is 0.125. The molecule has 0 bridgehead atoms. The Morgan fingerprint density at radius 3 is 2.88 bits per heavy atom.